The molecule has 2 aromatic carbocycles. The molecular weight excluding hydrogens is 474 g/mol. The third kappa shape index (κ3) is 4.97. The van der Waals surface area contributed by atoms with Crippen LogP contribution in [0.1, 0.15) is 13.8 Å². The summed E-state index contributed by atoms with van der Waals surface area (Å²) in [6.07, 6.45) is -2.64. The summed E-state index contributed by atoms with van der Waals surface area (Å²) in [6, 6.07) is 15.4. The molecule has 0 aliphatic heterocycles. The Bertz CT molecular complexity index is 1520. The number of nitrogens with zero attached hydrogens (tertiary/aromatic N) is 4. The van der Waals surface area contributed by atoms with Crippen molar-refractivity contribution in [2.24, 2.45) is 0 Å². The number of benzene rings is 2. The van der Waals surface area contributed by atoms with Gasteiger partial charge in [-0.15, -0.1) is 11.3 Å². The van der Waals surface area contributed by atoms with Crippen LogP contribution in [0.3, 0.4) is 0 Å². The molecule has 0 aliphatic rings. The molecule has 5 aromatic rings. The van der Waals surface area contributed by atoms with E-state index in [0.717, 1.165) is 10.2 Å². The van der Waals surface area contributed by atoms with Crippen molar-refractivity contribution in [3.63, 3.8) is 0 Å². The Hall–Kier alpha value is -3.92. The summed E-state index contributed by atoms with van der Waals surface area (Å²) in [4.78, 5) is 22.2. The molecule has 0 spiro atoms. The first-order valence-corrected chi connectivity index (χ1v) is 11.7. The highest BCUT2D eigenvalue weighted by atomic mass is 32.1. The minimum absolute atomic E-state index is 0.0115. The lowest BCUT2D eigenvalue weighted by atomic mass is 10.1. The maximum absolute atomic E-state index is 13.6. The number of methoxy groups -OCH3 is 1. The predicted octanol–water partition coefficient (Wildman–Crippen LogP) is 5.74. The Balaban J connectivity index is 0.00000141. The second kappa shape index (κ2) is 10.6. The van der Waals surface area contributed by atoms with Crippen LogP contribution in [0.4, 0.5) is 8.78 Å². The van der Waals surface area contributed by atoms with E-state index in [2.05, 4.69) is 15.1 Å². The van der Waals surface area contributed by atoms with Gasteiger partial charge in [0.2, 0.25) is 5.88 Å². The zero-order chi connectivity index (χ0) is 24.9. The fourth-order valence-corrected chi connectivity index (χ4v) is 4.17. The van der Waals surface area contributed by atoms with E-state index in [1.807, 2.05) is 26.0 Å². The minimum Gasteiger partial charge on any atom is -0.497 e. The van der Waals surface area contributed by atoms with Crippen molar-refractivity contribution in [1.82, 2.24) is 19.7 Å². The van der Waals surface area contributed by atoms with E-state index in [-0.39, 0.29) is 17.0 Å². The first kappa shape index (κ1) is 24.2. The van der Waals surface area contributed by atoms with Gasteiger partial charge in [0.15, 0.2) is 6.61 Å². The fraction of sp³-hybridized carbons (Fsp3) is 0.200. The molecule has 0 N–H and O–H groups in total. The van der Waals surface area contributed by atoms with Crippen molar-refractivity contribution >= 4 is 32.6 Å². The van der Waals surface area contributed by atoms with Crippen molar-refractivity contribution in [1.29, 1.82) is 0 Å². The summed E-state index contributed by atoms with van der Waals surface area (Å²) >= 11 is 1.46. The molecule has 5 rings (SSSR count). The molecule has 0 atom stereocenters. The summed E-state index contributed by atoms with van der Waals surface area (Å²) in [5.74, 6) is 0.615. The van der Waals surface area contributed by atoms with E-state index in [9.17, 15) is 13.6 Å². The van der Waals surface area contributed by atoms with E-state index in [1.54, 1.807) is 49.0 Å². The summed E-state index contributed by atoms with van der Waals surface area (Å²) in [6.45, 7) is 3.20. The van der Waals surface area contributed by atoms with Gasteiger partial charge >= 0.3 is 0 Å². The molecule has 0 radical (unpaired) electrons. The molecule has 7 nitrogen and oxygen atoms in total. The van der Waals surface area contributed by atoms with Gasteiger partial charge < -0.3 is 9.47 Å². The number of ether oxygens (including phenoxy) is 2. The SMILES string of the molecule is CC.COc1ccc(-c2c(=O)n(-c3ccc4ncsc4c3)nc3ccc(OCC(F)F)nc23)cc1. The lowest BCUT2D eigenvalue weighted by Gasteiger charge is -2.12. The molecule has 0 bridgehead atoms. The second-order valence-corrected chi connectivity index (χ2v) is 7.93. The number of hydrogen-bond donors (Lipinski definition) is 0. The third-order valence-electron chi connectivity index (χ3n) is 4.99. The monoisotopic (exact) mass is 496 g/mol. The lowest BCUT2D eigenvalue weighted by Crippen LogP contribution is -2.23. The van der Waals surface area contributed by atoms with Gasteiger partial charge in [0.05, 0.1) is 34.1 Å². The number of pyridine rings is 1. The second-order valence-electron chi connectivity index (χ2n) is 7.04. The van der Waals surface area contributed by atoms with Crippen molar-refractivity contribution < 1.29 is 18.3 Å². The van der Waals surface area contributed by atoms with Crippen LogP contribution in [0.25, 0.3) is 38.1 Å². The maximum Gasteiger partial charge on any atom is 0.281 e. The molecule has 0 aliphatic carbocycles. The summed E-state index contributed by atoms with van der Waals surface area (Å²) in [5, 5.41) is 4.49. The largest absolute Gasteiger partial charge is 0.497 e. The van der Waals surface area contributed by atoms with Gasteiger partial charge in [-0.2, -0.15) is 9.78 Å². The number of rotatable bonds is 6. The standard InChI is InChI=1S/C23H16F2N4O3S.C2H6/c1-31-15-5-2-13(3-6-15)21-22-17(8-9-20(27-22)32-11-19(24)25)28-29(23(21)30)14-4-7-16-18(10-14)33-12-26-16;1-2/h2-10,12,19H,11H2,1H3;1-2H3. The van der Waals surface area contributed by atoms with Crippen LogP contribution in [0, 0.1) is 0 Å². The fourth-order valence-electron chi connectivity index (χ4n) is 3.46. The number of hydrogen-bond acceptors (Lipinski definition) is 7. The van der Waals surface area contributed by atoms with Crippen molar-refractivity contribution in [3.05, 3.63) is 70.5 Å². The molecule has 180 valence electrons. The molecule has 0 saturated carbocycles. The van der Waals surface area contributed by atoms with E-state index in [4.69, 9.17) is 9.47 Å². The predicted molar refractivity (Wildman–Crippen MR) is 133 cm³/mol. The molecule has 3 heterocycles. The molecule has 0 saturated heterocycles. The van der Waals surface area contributed by atoms with Gasteiger partial charge in [-0.1, -0.05) is 26.0 Å². The first-order valence-electron chi connectivity index (χ1n) is 10.9. The zero-order valence-electron chi connectivity index (χ0n) is 19.2. The van der Waals surface area contributed by atoms with Crippen LogP contribution >= 0.6 is 11.3 Å². The van der Waals surface area contributed by atoms with E-state index in [0.29, 0.717) is 22.5 Å². The molecule has 3 aromatic heterocycles. The Morgan fingerprint density at radius 3 is 2.49 bits per heavy atom. The van der Waals surface area contributed by atoms with Crippen LogP contribution < -0.4 is 15.0 Å². The normalized spacial score (nSPS) is 10.9. The summed E-state index contributed by atoms with van der Waals surface area (Å²) in [5.41, 5.74) is 4.26. The summed E-state index contributed by atoms with van der Waals surface area (Å²) < 4.78 is 37.7. The van der Waals surface area contributed by atoms with Gasteiger partial charge in [0.1, 0.15) is 16.8 Å². The van der Waals surface area contributed by atoms with Crippen LogP contribution in [-0.4, -0.2) is 39.9 Å². The number of alkyl halides is 2. The van der Waals surface area contributed by atoms with Crippen LogP contribution in [0.15, 0.2) is 64.9 Å². The number of aromatic nitrogens is 4. The van der Waals surface area contributed by atoms with Gasteiger partial charge in [0.25, 0.3) is 12.0 Å². The van der Waals surface area contributed by atoms with E-state index >= 15 is 0 Å². The van der Waals surface area contributed by atoms with Crippen LogP contribution in [-0.2, 0) is 0 Å². The van der Waals surface area contributed by atoms with Gasteiger partial charge in [-0.25, -0.2) is 18.7 Å². The van der Waals surface area contributed by atoms with Crippen LogP contribution in [0.2, 0.25) is 0 Å². The Labute approximate surface area is 203 Å². The molecule has 0 amide bonds. The Kier molecular flexibility index (Phi) is 7.31. The smallest absolute Gasteiger partial charge is 0.281 e. The average molecular weight is 497 g/mol. The zero-order valence-corrected chi connectivity index (χ0v) is 20.1. The maximum atomic E-state index is 13.6. The van der Waals surface area contributed by atoms with Crippen molar-refractivity contribution in [3.8, 4) is 28.4 Å². The lowest BCUT2D eigenvalue weighted by molar-refractivity contribution is 0.0798. The van der Waals surface area contributed by atoms with Crippen LogP contribution in [0.5, 0.6) is 11.6 Å². The van der Waals surface area contributed by atoms with Gasteiger partial charge in [0, 0.05) is 6.07 Å². The molecule has 0 unspecified atom stereocenters. The highest BCUT2D eigenvalue weighted by Crippen LogP contribution is 2.28. The highest BCUT2D eigenvalue weighted by Gasteiger charge is 2.18. The molecular formula is C25H22F2N4O3S. The van der Waals surface area contributed by atoms with E-state index in [1.165, 1.54) is 22.1 Å². The third-order valence-corrected chi connectivity index (χ3v) is 5.79. The average Bonchev–Trinajstić information content (AvgIpc) is 3.36. The number of fused-ring (bicyclic) bond motifs is 2. The number of halogens is 2. The van der Waals surface area contributed by atoms with Gasteiger partial charge in [-0.05, 0) is 42.0 Å². The summed E-state index contributed by atoms with van der Waals surface area (Å²) in [7, 11) is 1.55. The molecule has 35 heavy (non-hydrogen) atoms. The molecule has 10 heteroatoms. The Morgan fingerprint density at radius 1 is 1.03 bits per heavy atom. The Morgan fingerprint density at radius 2 is 1.77 bits per heavy atom. The first-order chi connectivity index (χ1) is 17.0. The van der Waals surface area contributed by atoms with Crippen molar-refractivity contribution in [2.75, 3.05) is 13.7 Å². The number of thiazole rings is 1. The quantitative estimate of drug-likeness (QED) is 0.298. The topological polar surface area (TPSA) is 79.1 Å². The molecule has 0 fully saturated rings. The van der Waals surface area contributed by atoms with Gasteiger partial charge in [-0.3, -0.25) is 4.79 Å². The van der Waals surface area contributed by atoms with Crippen molar-refractivity contribution in [2.45, 2.75) is 20.3 Å². The van der Waals surface area contributed by atoms with E-state index < -0.39 is 18.6 Å². The highest BCUT2D eigenvalue weighted by molar-refractivity contribution is 7.16. The minimum atomic E-state index is -2.64.